The van der Waals surface area contributed by atoms with E-state index < -0.39 is 5.82 Å². The zero-order chi connectivity index (χ0) is 18.1. The molecule has 1 heterocycles. The van der Waals surface area contributed by atoms with Gasteiger partial charge in [0.25, 0.3) is 0 Å². The van der Waals surface area contributed by atoms with E-state index in [1.54, 1.807) is 12.1 Å². The van der Waals surface area contributed by atoms with Gasteiger partial charge >= 0.3 is 0 Å². The maximum absolute atomic E-state index is 13.9. The number of ether oxygens (including phenoxy) is 1. The molecule has 1 aliphatic rings. The first kappa shape index (κ1) is 19.0. The van der Waals surface area contributed by atoms with E-state index in [0.29, 0.717) is 25.7 Å². The van der Waals surface area contributed by atoms with Crippen LogP contribution in [0.1, 0.15) is 32.3 Å². The molecule has 1 aliphatic heterocycles. The number of nitrogens with zero attached hydrogens (tertiary/aromatic N) is 2. The van der Waals surface area contributed by atoms with Gasteiger partial charge in [-0.25, -0.2) is 9.38 Å². The maximum atomic E-state index is 13.9. The number of hydrogen-bond acceptors (Lipinski definition) is 3. The molecule has 7 heteroatoms. The van der Waals surface area contributed by atoms with E-state index in [4.69, 9.17) is 4.74 Å². The van der Waals surface area contributed by atoms with Crippen LogP contribution >= 0.6 is 0 Å². The summed E-state index contributed by atoms with van der Waals surface area (Å²) in [5, 5.41) is 6.14. The van der Waals surface area contributed by atoms with Crippen LogP contribution in [-0.4, -0.2) is 49.6 Å². The van der Waals surface area contributed by atoms with Crippen LogP contribution in [0.5, 0.6) is 5.75 Å². The molecule has 1 aromatic rings. The smallest absolute Gasteiger partial charge is 0.241 e. The summed E-state index contributed by atoms with van der Waals surface area (Å²) >= 11 is 0. The number of carbonyl (C=O) groups is 1. The molecular weight excluding hydrogens is 323 g/mol. The van der Waals surface area contributed by atoms with Crippen LogP contribution in [0.15, 0.2) is 23.2 Å². The Morgan fingerprint density at radius 2 is 2.04 bits per heavy atom. The van der Waals surface area contributed by atoms with E-state index in [0.717, 1.165) is 31.5 Å². The van der Waals surface area contributed by atoms with Gasteiger partial charge in [0.2, 0.25) is 5.91 Å². The number of halogens is 1. The molecule has 1 fully saturated rings. The minimum atomic E-state index is -0.392. The van der Waals surface area contributed by atoms with E-state index in [1.165, 1.54) is 6.07 Å². The second-order valence-corrected chi connectivity index (χ2v) is 5.83. The number of carbonyl (C=O) groups excluding carboxylic acids is 1. The Labute approximate surface area is 148 Å². The summed E-state index contributed by atoms with van der Waals surface area (Å²) < 4.78 is 19.1. The van der Waals surface area contributed by atoms with E-state index in [1.807, 2.05) is 18.7 Å². The SMILES string of the molecule is CCNC(=NCc1ccc(OCC)c(F)c1)NCC(=O)N1CCCC1. The fourth-order valence-electron chi connectivity index (χ4n) is 2.67. The molecule has 1 aromatic carbocycles. The van der Waals surface area contributed by atoms with Crippen molar-refractivity contribution in [3.8, 4) is 5.75 Å². The fourth-order valence-corrected chi connectivity index (χ4v) is 2.67. The highest BCUT2D eigenvalue weighted by Crippen LogP contribution is 2.18. The third-order valence-corrected chi connectivity index (χ3v) is 3.93. The summed E-state index contributed by atoms with van der Waals surface area (Å²) in [7, 11) is 0. The van der Waals surface area contributed by atoms with Crippen molar-refractivity contribution in [2.75, 3.05) is 32.8 Å². The monoisotopic (exact) mass is 350 g/mol. The molecule has 0 spiro atoms. The summed E-state index contributed by atoms with van der Waals surface area (Å²) in [5.74, 6) is 0.479. The lowest BCUT2D eigenvalue weighted by Crippen LogP contribution is -2.44. The number of hydrogen-bond donors (Lipinski definition) is 2. The minimum Gasteiger partial charge on any atom is -0.491 e. The summed E-state index contributed by atoms with van der Waals surface area (Å²) in [6, 6.07) is 4.82. The first-order chi connectivity index (χ1) is 12.1. The molecule has 0 radical (unpaired) electrons. The highest BCUT2D eigenvalue weighted by atomic mass is 19.1. The molecule has 2 rings (SSSR count). The van der Waals surface area contributed by atoms with Crippen molar-refractivity contribution in [2.45, 2.75) is 33.2 Å². The molecule has 6 nitrogen and oxygen atoms in total. The van der Waals surface area contributed by atoms with E-state index in [-0.39, 0.29) is 18.2 Å². The number of nitrogens with one attached hydrogen (secondary N) is 2. The van der Waals surface area contributed by atoms with E-state index in [2.05, 4.69) is 15.6 Å². The molecule has 1 amide bonds. The second kappa shape index (κ2) is 9.86. The first-order valence-corrected chi connectivity index (χ1v) is 8.85. The largest absolute Gasteiger partial charge is 0.491 e. The van der Waals surface area contributed by atoms with Crippen LogP contribution < -0.4 is 15.4 Å². The molecule has 25 heavy (non-hydrogen) atoms. The van der Waals surface area contributed by atoms with E-state index >= 15 is 0 Å². The topological polar surface area (TPSA) is 66.0 Å². The lowest BCUT2D eigenvalue weighted by Gasteiger charge is -2.17. The Bertz CT molecular complexity index is 601. The maximum Gasteiger partial charge on any atom is 0.241 e. The third kappa shape index (κ3) is 5.92. The molecule has 0 aromatic heterocycles. The van der Waals surface area contributed by atoms with E-state index in [9.17, 15) is 9.18 Å². The lowest BCUT2D eigenvalue weighted by molar-refractivity contribution is -0.128. The fraction of sp³-hybridized carbons (Fsp3) is 0.556. The zero-order valence-corrected chi connectivity index (χ0v) is 15.0. The Hall–Kier alpha value is -2.31. The number of amides is 1. The normalized spacial score (nSPS) is 14.5. The van der Waals surface area contributed by atoms with Crippen molar-refractivity contribution in [1.29, 1.82) is 0 Å². The van der Waals surface area contributed by atoms with Crippen LogP contribution in [0, 0.1) is 5.82 Å². The van der Waals surface area contributed by atoms with Crippen LogP contribution in [0.4, 0.5) is 4.39 Å². The standard InChI is InChI=1S/C18H27FN4O2/c1-3-20-18(22-13-17(24)23-9-5-6-10-23)21-12-14-7-8-16(25-4-2)15(19)11-14/h7-8,11H,3-6,9-10,12-13H2,1-2H3,(H2,20,21,22). The Morgan fingerprint density at radius 1 is 1.28 bits per heavy atom. The highest BCUT2D eigenvalue weighted by molar-refractivity contribution is 5.86. The second-order valence-electron chi connectivity index (χ2n) is 5.83. The van der Waals surface area contributed by atoms with Crippen molar-refractivity contribution >= 4 is 11.9 Å². The predicted molar refractivity (Wildman–Crippen MR) is 96.2 cm³/mol. The number of likely N-dealkylation sites (tertiary alicyclic amines) is 1. The number of rotatable bonds is 7. The van der Waals surface area contributed by atoms with Crippen molar-refractivity contribution in [2.24, 2.45) is 4.99 Å². The van der Waals surface area contributed by atoms with Crippen molar-refractivity contribution in [1.82, 2.24) is 15.5 Å². The predicted octanol–water partition coefficient (Wildman–Crippen LogP) is 1.90. The van der Waals surface area contributed by atoms with Gasteiger partial charge in [0, 0.05) is 19.6 Å². The third-order valence-electron chi connectivity index (χ3n) is 3.93. The first-order valence-electron chi connectivity index (χ1n) is 8.85. The Morgan fingerprint density at radius 3 is 2.68 bits per heavy atom. The lowest BCUT2D eigenvalue weighted by atomic mass is 10.2. The molecule has 0 unspecified atom stereocenters. The quantitative estimate of drug-likeness (QED) is 0.582. The van der Waals surface area contributed by atoms with Gasteiger partial charge in [-0.05, 0) is 44.4 Å². The van der Waals surface area contributed by atoms with Gasteiger partial charge in [0.15, 0.2) is 17.5 Å². The van der Waals surface area contributed by atoms with Gasteiger partial charge in [-0.3, -0.25) is 4.79 Å². The average Bonchev–Trinajstić information content (AvgIpc) is 3.14. The minimum absolute atomic E-state index is 0.0789. The van der Waals surface area contributed by atoms with Crippen molar-refractivity contribution in [3.05, 3.63) is 29.6 Å². The molecule has 0 atom stereocenters. The Kier molecular flexibility index (Phi) is 7.50. The van der Waals surface area contributed by atoms with Crippen molar-refractivity contribution < 1.29 is 13.9 Å². The number of benzene rings is 1. The number of guanidine groups is 1. The van der Waals surface area contributed by atoms with Crippen LogP contribution in [-0.2, 0) is 11.3 Å². The summed E-state index contributed by atoms with van der Waals surface area (Å²) in [6.07, 6.45) is 2.15. The van der Waals surface area contributed by atoms with Crippen molar-refractivity contribution in [3.63, 3.8) is 0 Å². The Balaban J connectivity index is 1.92. The van der Waals surface area contributed by atoms with Crippen LogP contribution in [0.2, 0.25) is 0 Å². The van der Waals surface area contributed by atoms with Gasteiger partial charge in [0.1, 0.15) is 0 Å². The van der Waals surface area contributed by atoms with Gasteiger partial charge in [-0.1, -0.05) is 6.07 Å². The number of aliphatic imine (C=N–C) groups is 1. The molecule has 0 bridgehead atoms. The molecule has 0 saturated carbocycles. The van der Waals surface area contributed by atoms with Crippen LogP contribution in [0.3, 0.4) is 0 Å². The molecule has 138 valence electrons. The molecule has 1 saturated heterocycles. The van der Waals surface area contributed by atoms with Gasteiger partial charge in [-0.15, -0.1) is 0 Å². The molecule has 2 N–H and O–H groups in total. The van der Waals surface area contributed by atoms with Crippen LogP contribution in [0.25, 0.3) is 0 Å². The van der Waals surface area contributed by atoms with Gasteiger partial charge in [0.05, 0.1) is 19.7 Å². The highest BCUT2D eigenvalue weighted by Gasteiger charge is 2.17. The summed E-state index contributed by atoms with van der Waals surface area (Å²) in [6.45, 7) is 7.07. The summed E-state index contributed by atoms with van der Waals surface area (Å²) in [4.78, 5) is 18.4. The molecular formula is C18H27FN4O2. The average molecular weight is 350 g/mol. The van der Waals surface area contributed by atoms with Gasteiger partial charge in [-0.2, -0.15) is 0 Å². The summed E-state index contributed by atoms with van der Waals surface area (Å²) in [5.41, 5.74) is 0.740. The molecule has 0 aliphatic carbocycles. The van der Waals surface area contributed by atoms with Gasteiger partial charge < -0.3 is 20.3 Å². The zero-order valence-electron chi connectivity index (χ0n) is 15.0.